The number of carbonyl (C=O) groups excluding carboxylic acids is 1. The largest absolute Gasteiger partial charge is 0.494 e. The zero-order valence-corrected chi connectivity index (χ0v) is 15.9. The molecular formula is C22H25NO4. The van der Waals surface area contributed by atoms with Crippen molar-refractivity contribution < 1.29 is 19.0 Å². The molecule has 2 aliphatic heterocycles. The second kappa shape index (κ2) is 7.33. The summed E-state index contributed by atoms with van der Waals surface area (Å²) in [5.41, 5.74) is 3.79. The number of rotatable bonds is 5. The lowest BCUT2D eigenvalue weighted by atomic mass is 10.0. The lowest BCUT2D eigenvalue weighted by Crippen LogP contribution is -2.47. The summed E-state index contributed by atoms with van der Waals surface area (Å²) in [6, 6.07) is 13.8. The van der Waals surface area contributed by atoms with Gasteiger partial charge in [0.2, 0.25) is 0 Å². The van der Waals surface area contributed by atoms with Crippen molar-refractivity contribution in [3.8, 4) is 5.75 Å². The van der Waals surface area contributed by atoms with E-state index in [1.807, 2.05) is 49.4 Å². The van der Waals surface area contributed by atoms with Crippen LogP contribution in [-0.2, 0) is 26.6 Å². The number of hydrogen-bond acceptors (Lipinski definition) is 4. The molecule has 0 aliphatic carbocycles. The Morgan fingerprint density at radius 1 is 1.11 bits per heavy atom. The van der Waals surface area contributed by atoms with E-state index in [-0.39, 0.29) is 5.91 Å². The summed E-state index contributed by atoms with van der Waals surface area (Å²) in [5, 5.41) is 0. The van der Waals surface area contributed by atoms with E-state index in [1.165, 1.54) is 0 Å². The molecule has 142 valence electrons. The fourth-order valence-electron chi connectivity index (χ4n) is 3.73. The van der Waals surface area contributed by atoms with Gasteiger partial charge in [-0.25, -0.2) is 0 Å². The van der Waals surface area contributed by atoms with Crippen molar-refractivity contribution in [1.82, 2.24) is 0 Å². The molecule has 4 rings (SSSR count). The normalized spacial score (nSPS) is 18.0. The second-order valence-corrected chi connectivity index (χ2v) is 7.02. The Hall–Kier alpha value is -2.37. The highest BCUT2D eigenvalue weighted by atomic mass is 16.7. The van der Waals surface area contributed by atoms with Crippen LogP contribution in [0.15, 0.2) is 42.5 Å². The molecule has 0 saturated carbocycles. The molecule has 1 spiro atoms. The molecule has 27 heavy (non-hydrogen) atoms. The van der Waals surface area contributed by atoms with Crippen molar-refractivity contribution in [2.75, 3.05) is 24.7 Å². The number of para-hydroxylation sites is 1. The molecule has 0 bridgehead atoms. The first-order valence-corrected chi connectivity index (χ1v) is 9.57. The Labute approximate surface area is 159 Å². The number of amides is 1. The Morgan fingerprint density at radius 3 is 2.56 bits per heavy atom. The first-order chi connectivity index (χ1) is 13.2. The zero-order chi connectivity index (χ0) is 18.9. The highest BCUT2D eigenvalue weighted by molar-refractivity contribution is 6.06. The molecule has 0 unspecified atom stereocenters. The third kappa shape index (κ3) is 3.11. The number of benzene rings is 2. The number of aryl methyl sites for hydroxylation is 1. The molecule has 1 amide bonds. The van der Waals surface area contributed by atoms with Gasteiger partial charge in [-0.3, -0.25) is 4.79 Å². The standard InChI is InChI=1S/C22H25NO4/c1-3-12-25-18-10-8-17(9-11-18)15-23-20-16(2)6-4-7-19(20)22(21(23)24)26-13-5-14-27-22/h4,6-11H,3,5,12-15H2,1-2H3. The van der Waals surface area contributed by atoms with Crippen LogP contribution in [0.3, 0.4) is 0 Å². The van der Waals surface area contributed by atoms with Crippen molar-refractivity contribution in [1.29, 1.82) is 0 Å². The van der Waals surface area contributed by atoms with Crippen molar-refractivity contribution in [2.45, 2.75) is 39.0 Å². The summed E-state index contributed by atoms with van der Waals surface area (Å²) >= 11 is 0. The average Bonchev–Trinajstić information content (AvgIpc) is 2.92. The van der Waals surface area contributed by atoms with Crippen molar-refractivity contribution in [3.05, 3.63) is 59.2 Å². The van der Waals surface area contributed by atoms with Crippen LogP contribution >= 0.6 is 0 Å². The van der Waals surface area contributed by atoms with Gasteiger partial charge in [0, 0.05) is 5.56 Å². The fourth-order valence-corrected chi connectivity index (χ4v) is 3.73. The topological polar surface area (TPSA) is 48.0 Å². The highest BCUT2D eigenvalue weighted by Gasteiger charge is 2.55. The number of hydrogen-bond donors (Lipinski definition) is 0. The molecule has 5 nitrogen and oxygen atoms in total. The quantitative estimate of drug-likeness (QED) is 0.804. The molecule has 1 saturated heterocycles. The van der Waals surface area contributed by atoms with Crippen LogP contribution in [0.1, 0.15) is 36.5 Å². The van der Waals surface area contributed by atoms with E-state index in [1.54, 1.807) is 4.90 Å². The number of ether oxygens (including phenoxy) is 3. The lowest BCUT2D eigenvalue weighted by molar-refractivity contribution is -0.256. The van der Waals surface area contributed by atoms with E-state index < -0.39 is 5.79 Å². The monoisotopic (exact) mass is 367 g/mol. The van der Waals surface area contributed by atoms with Gasteiger partial charge in [0.25, 0.3) is 11.7 Å². The third-order valence-corrected chi connectivity index (χ3v) is 5.03. The van der Waals surface area contributed by atoms with Crippen LogP contribution in [0, 0.1) is 6.92 Å². The van der Waals surface area contributed by atoms with Gasteiger partial charge in [0.05, 0.1) is 32.1 Å². The van der Waals surface area contributed by atoms with Gasteiger partial charge >= 0.3 is 0 Å². The minimum absolute atomic E-state index is 0.141. The van der Waals surface area contributed by atoms with Crippen molar-refractivity contribution in [3.63, 3.8) is 0 Å². The molecule has 0 radical (unpaired) electrons. The van der Waals surface area contributed by atoms with Crippen LogP contribution < -0.4 is 9.64 Å². The Bertz CT molecular complexity index is 825. The van der Waals surface area contributed by atoms with Crippen molar-refractivity contribution in [2.24, 2.45) is 0 Å². The Morgan fingerprint density at radius 2 is 1.85 bits per heavy atom. The fraction of sp³-hybridized carbons (Fsp3) is 0.409. The second-order valence-electron chi connectivity index (χ2n) is 7.02. The van der Waals surface area contributed by atoms with Crippen LogP contribution in [0.2, 0.25) is 0 Å². The third-order valence-electron chi connectivity index (χ3n) is 5.03. The molecule has 0 aromatic heterocycles. The number of nitrogens with zero attached hydrogens (tertiary/aromatic N) is 1. The first-order valence-electron chi connectivity index (χ1n) is 9.57. The predicted octanol–water partition coefficient (Wildman–Crippen LogP) is 3.92. The molecule has 1 fully saturated rings. The maximum absolute atomic E-state index is 13.4. The van der Waals surface area contributed by atoms with E-state index >= 15 is 0 Å². The van der Waals surface area contributed by atoms with Gasteiger partial charge in [-0.05, 0) is 43.0 Å². The summed E-state index contributed by atoms with van der Waals surface area (Å²) < 4.78 is 17.5. The highest BCUT2D eigenvalue weighted by Crippen LogP contribution is 2.47. The van der Waals surface area contributed by atoms with E-state index in [4.69, 9.17) is 14.2 Å². The summed E-state index contributed by atoms with van der Waals surface area (Å²) in [5.74, 6) is -0.581. The maximum atomic E-state index is 13.4. The summed E-state index contributed by atoms with van der Waals surface area (Å²) in [4.78, 5) is 15.1. The minimum Gasteiger partial charge on any atom is -0.494 e. The first kappa shape index (κ1) is 18.0. The van der Waals surface area contributed by atoms with Gasteiger partial charge in [-0.2, -0.15) is 0 Å². The molecular weight excluding hydrogens is 342 g/mol. The SMILES string of the molecule is CCCOc1ccc(CN2C(=O)C3(OCCCO3)c3cccc(C)c32)cc1. The van der Waals surface area contributed by atoms with Crippen LogP contribution in [0.5, 0.6) is 5.75 Å². The molecule has 5 heteroatoms. The molecule has 2 aromatic rings. The van der Waals surface area contributed by atoms with Crippen LogP contribution in [0.4, 0.5) is 5.69 Å². The summed E-state index contributed by atoms with van der Waals surface area (Å²) in [6.45, 7) is 6.32. The summed E-state index contributed by atoms with van der Waals surface area (Å²) in [6.07, 6.45) is 1.78. The minimum atomic E-state index is -1.29. The molecule has 0 atom stereocenters. The van der Waals surface area contributed by atoms with Crippen LogP contribution in [-0.4, -0.2) is 25.7 Å². The zero-order valence-electron chi connectivity index (χ0n) is 15.9. The lowest BCUT2D eigenvalue weighted by Gasteiger charge is -2.32. The van der Waals surface area contributed by atoms with E-state index in [2.05, 4.69) is 6.92 Å². The van der Waals surface area contributed by atoms with Gasteiger partial charge < -0.3 is 19.1 Å². The Balaban J connectivity index is 1.64. The van der Waals surface area contributed by atoms with E-state index in [9.17, 15) is 4.79 Å². The number of fused-ring (bicyclic) bond motifs is 2. The number of anilines is 1. The predicted molar refractivity (Wildman–Crippen MR) is 103 cm³/mol. The molecule has 2 aromatic carbocycles. The van der Waals surface area contributed by atoms with E-state index in [0.717, 1.165) is 41.0 Å². The summed E-state index contributed by atoms with van der Waals surface area (Å²) in [7, 11) is 0. The van der Waals surface area contributed by atoms with Crippen LogP contribution in [0.25, 0.3) is 0 Å². The molecule has 2 aliphatic rings. The van der Waals surface area contributed by atoms with Crippen molar-refractivity contribution >= 4 is 11.6 Å². The average molecular weight is 367 g/mol. The van der Waals surface area contributed by atoms with E-state index in [0.29, 0.717) is 26.4 Å². The molecule has 0 N–H and O–H groups in total. The maximum Gasteiger partial charge on any atom is 0.292 e. The van der Waals surface area contributed by atoms with Gasteiger partial charge in [0.1, 0.15) is 5.75 Å². The smallest absolute Gasteiger partial charge is 0.292 e. The van der Waals surface area contributed by atoms with Gasteiger partial charge in [0.15, 0.2) is 0 Å². The van der Waals surface area contributed by atoms with Gasteiger partial charge in [-0.15, -0.1) is 0 Å². The molecule has 2 heterocycles. The Kier molecular flexibility index (Phi) is 4.89. The number of carbonyl (C=O) groups is 1. The van der Waals surface area contributed by atoms with Gasteiger partial charge in [-0.1, -0.05) is 37.3 Å².